The average Bonchev–Trinajstić information content (AvgIpc) is 3.03. The molecule has 2 amide bonds. The van der Waals surface area contributed by atoms with E-state index >= 15 is 0 Å². The number of amides is 2. The lowest BCUT2D eigenvalue weighted by Gasteiger charge is -2.11. The number of anilines is 1. The number of carbonyl (C=O) groups is 2. The first-order valence-corrected chi connectivity index (χ1v) is 10.7. The predicted octanol–water partition coefficient (Wildman–Crippen LogP) is 4.53. The maximum atomic E-state index is 12.4. The molecule has 0 spiro atoms. The summed E-state index contributed by atoms with van der Waals surface area (Å²) in [7, 11) is 3.41. The number of benzene rings is 2. The van der Waals surface area contributed by atoms with Crippen LogP contribution in [-0.2, 0) is 11.3 Å². The van der Waals surface area contributed by atoms with Gasteiger partial charge >= 0.3 is 0 Å². The molecule has 8 heteroatoms. The molecule has 0 radical (unpaired) electrons. The van der Waals surface area contributed by atoms with Crippen molar-refractivity contribution in [2.24, 2.45) is 0 Å². The number of nitrogens with one attached hydrogen (secondary N) is 1. The van der Waals surface area contributed by atoms with Crippen molar-refractivity contribution in [3.8, 4) is 0 Å². The van der Waals surface area contributed by atoms with Gasteiger partial charge in [0.05, 0.1) is 16.8 Å². The van der Waals surface area contributed by atoms with Gasteiger partial charge in [-0.3, -0.25) is 9.59 Å². The molecule has 0 bridgehead atoms. The first-order chi connectivity index (χ1) is 13.9. The van der Waals surface area contributed by atoms with E-state index in [4.69, 9.17) is 11.6 Å². The molecular formula is C21H23ClN4O2S. The largest absolute Gasteiger partial charge is 0.345 e. The topological polar surface area (TPSA) is 67.2 Å². The number of halogens is 1. The molecule has 0 fully saturated rings. The number of aromatic nitrogens is 2. The average molecular weight is 431 g/mol. The molecule has 0 unspecified atom stereocenters. The maximum Gasteiger partial charge on any atom is 0.253 e. The highest BCUT2D eigenvalue weighted by Crippen LogP contribution is 2.26. The summed E-state index contributed by atoms with van der Waals surface area (Å²) in [5.41, 5.74) is 3.07. The molecule has 0 aliphatic rings. The normalized spacial score (nSPS) is 10.9. The van der Waals surface area contributed by atoms with Gasteiger partial charge in [0.25, 0.3) is 5.91 Å². The second-order valence-corrected chi connectivity index (χ2v) is 8.17. The molecule has 3 aromatic rings. The Morgan fingerprint density at radius 3 is 2.55 bits per heavy atom. The van der Waals surface area contributed by atoms with Crippen molar-refractivity contribution in [2.45, 2.75) is 25.0 Å². The standard InChI is InChI=1S/C21H23ClN4O2S/c1-4-11-26-18-10-7-15(22)12-17(18)24-21(26)29-13-19(27)23-16-8-5-14(6-9-16)20(28)25(2)3/h5-10,12H,4,11,13H2,1-3H3,(H,23,27). The molecule has 152 valence electrons. The quantitative estimate of drug-likeness (QED) is 0.559. The minimum Gasteiger partial charge on any atom is -0.345 e. The van der Waals surface area contributed by atoms with Gasteiger partial charge in [0.1, 0.15) is 0 Å². The van der Waals surface area contributed by atoms with Crippen LogP contribution in [0.2, 0.25) is 5.02 Å². The van der Waals surface area contributed by atoms with E-state index in [1.54, 1.807) is 38.4 Å². The first kappa shape index (κ1) is 21.2. The second-order valence-electron chi connectivity index (χ2n) is 6.79. The van der Waals surface area contributed by atoms with Crippen molar-refractivity contribution in [1.29, 1.82) is 0 Å². The number of hydrogen-bond donors (Lipinski definition) is 1. The Morgan fingerprint density at radius 1 is 1.17 bits per heavy atom. The number of thioether (sulfide) groups is 1. The Morgan fingerprint density at radius 2 is 1.90 bits per heavy atom. The van der Waals surface area contributed by atoms with Gasteiger partial charge in [-0.25, -0.2) is 4.98 Å². The zero-order valence-electron chi connectivity index (χ0n) is 16.6. The van der Waals surface area contributed by atoms with E-state index in [2.05, 4.69) is 21.8 Å². The van der Waals surface area contributed by atoms with E-state index in [0.717, 1.165) is 29.2 Å². The third-order valence-electron chi connectivity index (χ3n) is 4.28. The van der Waals surface area contributed by atoms with E-state index in [1.807, 2.05) is 18.2 Å². The zero-order valence-corrected chi connectivity index (χ0v) is 18.2. The number of imidazole rings is 1. The molecule has 2 aromatic carbocycles. The fraction of sp³-hybridized carbons (Fsp3) is 0.286. The molecule has 29 heavy (non-hydrogen) atoms. The predicted molar refractivity (Wildman–Crippen MR) is 119 cm³/mol. The number of hydrogen-bond acceptors (Lipinski definition) is 4. The number of fused-ring (bicyclic) bond motifs is 1. The van der Waals surface area contributed by atoms with Crippen LogP contribution in [0.15, 0.2) is 47.6 Å². The van der Waals surface area contributed by atoms with Gasteiger partial charge < -0.3 is 14.8 Å². The van der Waals surface area contributed by atoms with Crippen LogP contribution in [0.3, 0.4) is 0 Å². The zero-order chi connectivity index (χ0) is 21.0. The first-order valence-electron chi connectivity index (χ1n) is 9.29. The van der Waals surface area contributed by atoms with Crippen LogP contribution in [0.25, 0.3) is 11.0 Å². The number of carbonyl (C=O) groups excluding carboxylic acids is 2. The van der Waals surface area contributed by atoms with Crippen LogP contribution in [0.5, 0.6) is 0 Å². The maximum absolute atomic E-state index is 12.4. The van der Waals surface area contributed by atoms with Crippen LogP contribution < -0.4 is 5.32 Å². The van der Waals surface area contributed by atoms with Crippen molar-refractivity contribution >= 4 is 51.9 Å². The van der Waals surface area contributed by atoms with Crippen molar-refractivity contribution < 1.29 is 9.59 Å². The molecule has 0 saturated heterocycles. The fourth-order valence-corrected chi connectivity index (χ4v) is 3.92. The molecule has 1 aromatic heterocycles. The summed E-state index contributed by atoms with van der Waals surface area (Å²) in [5.74, 6) is 0.0299. The van der Waals surface area contributed by atoms with E-state index in [-0.39, 0.29) is 17.6 Å². The highest BCUT2D eigenvalue weighted by Gasteiger charge is 2.14. The summed E-state index contributed by atoms with van der Waals surface area (Å²) >= 11 is 7.47. The minimum absolute atomic E-state index is 0.0756. The van der Waals surface area contributed by atoms with Crippen LogP contribution >= 0.6 is 23.4 Å². The van der Waals surface area contributed by atoms with E-state index < -0.39 is 0 Å². The van der Waals surface area contributed by atoms with Crippen molar-refractivity contribution in [2.75, 3.05) is 25.2 Å². The Labute approximate surface area is 179 Å². The smallest absolute Gasteiger partial charge is 0.253 e. The van der Waals surface area contributed by atoms with Gasteiger partial charge in [0.2, 0.25) is 5.91 Å². The summed E-state index contributed by atoms with van der Waals surface area (Å²) in [6, 6.07) is 12.5. The molecular weight excluding hydrogens is 408 g/mol. The lowest BCUT2D eigenvalue weighted by Crippen LogP contribution is -2.21. The lowest BCUT2D eigenvalue weighted by molar-refractivity contribution is -0.113. The Balaban J connectivity index is 1.66. The molecule has 0 atom stereocenters. The van der Waals surface area contributed by atoms with Crippen LogP contribution in [0, 0.1) is 0 Å². The van der Waals surface area contributed by atoms with Crippen molar-refractivity contribution in [3.05, 3.63) is 53.1 Å². The highest BCUT2D eigenvalue weighted by atomic mass is 35.5. The number of rotatable bonds is 7. The monoisotopic (exact) mass is 430 g/mol. The van der Waals surface area contributed by atoms with Gasteiger partial charge in [-0.05, 0) is 48.9 Å². The summed E-state index contributed by atoms with van der Waals surface area (Å²) in [6.45, 7) is 2.93. The highest BCUT2D eigenvalue weighted by molar-refractivity contribution is 7.99. The van der Waals surface area contributed by atoms with Gasteiger partial charge in [-0.15, -0.1) is 0 Å². The van der Waals surface area contributed by atoms with Crippen LogP contribution in [0.1, 0.15) is 23.7 Å². The van der Waals surface area contributed by atoms with E-state index in [0.29, 0.717) is 16.3 Å². The van der Waals surface area contributed by atoms with Gasteiger partial charge in [0.15, 0.2) is 5.16 Å². The van der Waals surface area contributed by atoms with Crippen LogP contribution in [0.4, 0.5) is 5.69 Å². The SMILES string of the molecule is CCCn1c(SCC(=O)Nc2ccc(C(=O)N(C)C)cc2)nc2cc(Cl)ccc21. The summed E-state index contributed by atoms with van der Waals surface area (Å²) in [4.78, 5) is 30.5. The summed E-state index contributed by atoms with van der Waals surface area (Å²) in [6.07, 6.45) is 0.964. The molecule has 0 aliphatic carbocycles. The Kier molecular flexibility index (Phi) is 6.82. The molecule has 0 saturated carbocycles. The molecule has 6 nitrogen and oxygen atoms in total. The molecule has 0 aliphatic heterocycles. The lowest BCUT2D eigenvalue weighted by atomic mass is 10.2. The third-order valence-corrected chi connectivity index (χ3v) is 5.49. The molecule has 1 heterocycles. The number of nitrogens with zero attached hydrogens (tertiary/aromatic N) is 3. The Hall–Kier alpha value is -2.51. The summed E-state index contributed by atoms with van der Waals surface area (Å²) < 4.78 is 2.12. The minimum atomic E-state index is -0.130. The molecule has 3 rings (SSSR count). The Bertz CT molecular complexity index is 1030. The third kappa shape index (κ3) is 5.10. The fourth-order valence-electron chi connectivity index (χ4n) is 2.91. The second kappa shape index (κ2) is 9.33. The summed E-state index contributed by atoms with van der Waals surface area (Å²) in [5, 5.41) is 4.30. The van der Waals surface area contributed by atoms with Crippen LogP contribution in [-0.4, -0.2) is 46.1 Å². The van der Waals surface area contributed by atoms with E-state index in [1.165, 1.54) is 16.7 Å². The van der Waals surface area contributed by atoms with Crippen molar-refractivity contribution in [1.82, 2.24) is 14.5 Å². The van der Waals surface area contributed by atoms with Crippen molar-refractivity contribution in [3.63, 3.8) is 0 Å². The number of aryl methyl sites for hydroxylation is 1. The van der Waals surface area contributed by atoms with E-state index in [9.17, 15) is 9.59 Å². The van der Waals surface area contributed by atoms with Gasteiger partial charge in [-0.2, -0.15) is 0 Å². The van der Waals surface area contributed by atoms with Gasteiger partial charge in [-0.1, -0.05) is 30.3 Å². The van der Waals surface area contributed by atoms with Gasteiger partial charge in [0, 0.05) is 36.9 Å². The molecule has 1 N–H and O–H groups in total.